The normalized spacial score (nSPS) is 13.4. The summed E-state index contributed by atoms with van der Waals surface area (Å²) in [6, 6.07) is 4.89. The first-order valence-electron chi connectivity index (χ1n) is 5.57. The monoisotopic (exact) mass is 341 g/mol. The highest BCUT2D eigenvalue weighted by molar-refractivity contribution is 9.10. The summed E-state index contributed by atoms with van der Waals surface area (Å²) in [6.07, 6.45) is -4.03. The summed E-state index contributed by atoms with van der Waals surface area (Å²) in [5.74, 6) is 0.603. The molecule has 19 heavy (non-hydrogen) atoms. The lowest BCUT2D eigenvalue weighted by atomic mass is 10.0. The molecule has 7 heteroatoms. The Labute approximate surface area is 118 Å². The minimum atomic E-state index is -4.31. The van der Waals surface area contributed by atoms with Crippen molar-refractivity contribution in [2.75, 3.05) is 20.3 Å². The Balaban J connectivity index is 2.53. The van der Waals surface area contributed by atoms with Gasteiger partial charge in [-0.05, 0) is 24.6 Å². The van der Waals surface area contributed by atoms with Gasteiger partial charge in [-0.25, -0.2) is 0 Å². The molecule has 2 N–H and O–H groups in total. The van der Waals surface area contributed by atoms with Crippen LogP contribution >= 0.6 is 15.9 Å². The summed E-state index contributed by atoms with van der Waals surface area (Å²) in [4.78, 5) is 0. The Kier molecular flexibility index (Phi) is 6.09. The lowest BCUT2D eigenvalue weighted by Crippen LogP contribution is -2.20. The van der Waals surface area contributed by atoms with Crippen LogP contribution in [0.4, 0.5) is 13.2 Å². The van der Waals surface area contributed by atoms with Crippen LogP contribution in [0.2, 0.25) is 0 Å². The number of alkyl halides is 3. The maximum absolute atomic E-state index is 11.9. The highest BCUT2D eigenvalue weighted by Gasteiger charge is 2.27. The first-order valence-corrected chi connectivity index (χ1v) is 6.36. The van der Waals surface area contributed by atoms with E-state index in [1.165, 1.54) is 7.11 Å². The number of nitrogens with two attached hydrogens (primary N) is 1. The minimum Gasteiger partial charge on any atom is -0.496 e. The molecule has 0 aliphatic carbocycles. The number of hydrogen-bond donors (Lipinski definition) is 1. The molecule has 0 saturated heterocycles. The Morgan fingerprint density at radius 3 is 2.63 bits per heavy atom. The van der Waals surface area contributed by atoms with Crippen molar-refractivity contribution < 1.29 is 22.6 Å². The van der Waals surface area contributed by atoms with Crippen molar-refractivity contribution >= 4 is 15.9 Å². The summed E-state index contributed by atoms with van der Waals surface area (Å²) in [7, 11) is 1.51. The molecule has 0 aromatic heterocycles. The van der Waals surface area contributed by atoms with Crippen LogP contribution in [0.15, 0.2) is 22.7 Å². The Bertz CT molecular complexity index is 412. The predicted molar refractivity (Wildman–Crippen MR) is 69.1 cm³/mol. The minimum absolute atomic E-state index is 0.0592. The molecule has 0 saturated carbocycles. The van der Waals surface area contributed by atoms with Gasteiger partial charge < -0.3 is 15.2 Å². The maximum Gasteiger partial charge on any atom is 0.411 e. The van der Waals surface area contributed by atoms with Crippen molar-refractivity contribution in [3.63, 3.8) is 0 Å². The molecule has 1 rings (SSSR count). The standard InChI is InChI=1S/C12H15BrF3NO2/c1-18-11-3-2-8(13)6-9(11)10(17)4-5-19-7-12(14,15)16/h2-3,6,10H,4-5,7,17H2,1H3. The van der Waals surface area contributed by atoms with Crippen molar-refractivity contribution in [2.45, 2.75) is 18.6 Å². The molecule has 108 valence electrons. The van der Waals surface area contributed by atoms with Crippen LogP contribution in [0.3, 0.4) is 0 Å². The SMILES string of the molecule is COc1ccc(Br)cc1C(N)CCOCC(F)(F)F. The summed E-state index contributed by atoms with van der Waals surface area (Å²) < 4.78 is 46.2. The second-order valence-electron chi connectivity index (χ2n) is 3.95. The summed E-state index contributed by atoms with van der Waals surface area (Å²) in [5, 5.41) is 0. The van der Waals surface area contributed by atoms with Crippen molar-refractivity contribution in [3.05, 3.63) is 28.2 Å². The zero-order valence-corrected chi connectivity index (χ0v) is 11.9. The molecule has 0 bridgehead atoms. The number of halogens is 4. The molecular formula is C12H15BrF3NO2. The number of ether oxygens (including phenoxy) is 2. The number of hydrogen-bond acceptors (Lipinski definition) is 3. The molecule has 1 aromatic rings. The summed E-state index contributed by atoms with van der Waals surface area (Å²) >= 11 is 3.31. The fraction of sp³-hybridized carbons (Fsp3) is 0.500. The average Bonchev–Trinajstić information content (AvgIpc) is 2.33. The van der Waals surface area contributed by atoms with Crippen molar-refractivity contribution in [3.8, 4) is 5.75 Å². The van der Waals surface area contributed by atoms with Gasteiger partial charge in [0, 0.05) is 22.7 Å². The number of methoxy groups -OCH3 is 1. The molecule has 1 unspecified atom stereocenters. The van der Waals surface area contributed by atoms with E-state index in [1.54, 1.807) is 18.2 Å². The van der Waals surface area contributed by atoms with E-state index >= 15 is 0 Å². The van der Waals surface area contributed by atoms with Crippen molar-refractivity contribution in [2.24, 2.45) is 5.73 Å². The highest BCUT2D eigenvalue weighted by atomic mass is 79.9. The molecule has 1 aromatic carbocycles. The van der Waals surface area contributed by atoms with Crippen molar-refractivity contribution in [1.82, 2.24) is 0 Å². The van der Waals surface area contributed by atoms with E-state index in [0.29, 0.717) is 5.75 Å². The van der Waals surface area contributed by atoms with Crippen LogP contribution in [-0.4, -0.2) is 26.5 Å². The van der Waals surface area contributed by atoms with Gasteiger partial charge in [0.2, 0.25) is 0 Å². The van der Waals surface area contributed by atoms with E-state index in [1.807, 2.05) is 0 Å². The van der Waals surface area contributed by atoms with E-state index in [2.05, 4.69) is 20.7 Å². The lowest BCUT2D eigenvalue weighted by molar-refractivity contribution is -0.174. The molecular weight excluding hydrogens is 327 g/mol. The van der Waals surface area contributed by atoms with E-state index < -0.39 is 18.8 Å². The second-order valence-corrected chi connectivity index (χ2v) is 4.86. The predicted octanol–water partition coefficient (Wildman–Crippen LogP) is 3.43. The molecule has 3 nitrogen and oxygen atoms in total. The van der Waals surface area contributed by atoms with E-state index in [9.17, 15) is 13.2 Å². The zero-order chi connectivity index (χ0) is 14.5. The lowest BCUT2D eigenvalue weighted by Gasteiger charge is -2.16. The molecule has 0 aliphatic heterocycles. The molecule has 0 radical (unpaired) electrons. The second kappa shape index (κ2) is 7.12. The third kappa shape index (κ3) is 5.80. The number of rotatable bonds is 6. The van der Waals surface area contributed by atoms with Gasteiger partial charge in [0.25, 0.3) is 0 Å². The van der Waals surface area contributed by atoms with Crippen LogP contribution in [0, 0.1) is 0 Å². The third-order valence-electron chi connectivity index (χ3n) is 2.43. The van der Waals surface area contributed by atoms with E-state index in [-0.39, 0.29) is 13.0 Å². The van der Waals surface area contributed by atoms with Gasteiger partial charge >= 0.3 is 6.18 Å². The van der Waals surface area contributed by atoms with Gasteiger partial charge in [-0.2, -0.15) is 13.2 Å². The van der Waals surface area contributed by atoms with Gasteiger partial charge in [-0.15, -0.1) is 0 Å². The molecule has 0 heterocycles. The Hall–Kier alpha value is -0.790. The van der Waals surface area contributed by atoms with Crippen molar-refractivity contribution in [1.29, 1.82) is 0 Å². The third-order valence-corrected chi connectivity index (χ3v) is 2.92. The van der Waals surface area contributed by atoms with Crippen LogP contribution < -0.4 is 10.5 Å². The van der Waals surface area contributed by atoms with Gasteiger partial charge in [0.1, 0.15) is 12.4 Å². The first-order chi connectivity index (χ1) is 8.83. The highest BCUT2D eigenvalue weighted by Crippen LogP contribution is 2.29. The smallest absolute Gasteiger partial charge is 0.411 e. The van der Waals surface area contributed by atoms with E-state index in [4.69, 9.17) is 10.5 Å². The largest absolute Gasteiger partial charge is 0.496 e. The molecule has 0 amide bonds. The zero-order valence-electron chi connectivity index (χ0n) is 10.3. The van der Waals surface area contributed by atoms with Gasteiger partial charge in [-0.3, -0.25) is 0 Å². The molecule has 0 fully saturated rings. The molecule has 0 aliphatic rings. The van der Waals surface area contributed by atoms with Crippen LogP contribution in [-0.2, 0) is 4.74 Å². The van der Waals surface area contributed by atoms with Crippen LogP contribution in [0.1, 0.15) is 18.0 Å². The molecule has 1 atom stereocenters. The Morgan fingerprint density at radius 2 is 2.05 bits per heavy atom. The van der Waals surface area contributed by atoms with E-state index in [0.717, 1.165) is 10.0 Å². The average molecular weight is 342 g/mol. The fourth-order valence-corrected chi connectivity index (χ4v) is 1.93. The van der Waals surface area contributed by atoms with Crippen LogP contribution in [0.5, 0.6) is 5.75 Å². The maximum atomic E-state index is 11.9. The van der Waals surface area contributed by atoms with Gasteiger partial charge in [-0.1, -0.05) is 15.9 Å². The van der Waals surface area contributed by atoms with Gasteiger partial charge in [0.05, 0.1) is 7.11 Å². The quantitative estimate of drug-likeness (QED) is 0.806. The number of benzene rings is 1. The summed E-state index contributed by atoms with van der Waals surface area (Å²) in [6.45, 7) is -1.31. The first kappa shape index (κ1) is 16.3. The Morgan fingerprint density at radius 1 is 1.37 bits per heavy atom. The summed E-state index contributed by atoms with van der Waals surface area (Å²) in [5.41, 5.74) is 6.66. The fourth-order valence-electron chi connectivity index (χ4n) is 1.55. The van der Waals surface area contributed by atoms with Crippen LogP contribution in [0.25, 0.3) is 0 Å². The molecule has 0 spiro atoms. The topological polar surface area (TPSA) is 44.5 Å². The van der Waals surface area contributed by atoms with Gasteiger partial charge in [0.15, 0.2) is 0 Å².